The molecule has 2 rings (SSSR count). The van der Waals surface area contributed by atoms with Gasteiger partial charge in [0.25, 0.3) is 0 Å². The van der Waals surface area contributed by atoms with Gasteiger partial charge in [0.2, 0.25) is 0 Å². The molecule has 0 aromatic heterocycles. The molecule has 0 radical (unpaired) electrons. The van der Waals surface area contributed by atoms with Gasteiger partial charge in [0.15, 0.2) is 5.78 Å². The van der Waals surface area contributed by atoms with Crippen molar-refractivity contribution in [2.45, 2.75) is 39.0 Å². The maximum Gasteiger partial charge on any atom is 0.158 e. The monoisotopic (exact) mass is 277 g/mol. The van der Waals surface area contributed by atoms with E-state index in [0.29, 0.717) is 6.07 Å². The third kappa shape index (κ3) is 2.58. The molecule has 2 atom stereocenters. The highest BCUT2D eigenvalue weighted by Gasteiger charge is 2.42. The Morgan fingerprint density at radius 2 is 2.15 bits per heavy atom. The number of nitriles is 1. The van der Waals surface area contributed by atoms with E-state index in [-0.39, 0.29) is 22.7 Å². The van der Waals surface area contributed by atoms with Gasteiger partial charge in [-0.3, -0.25) is 4.79 Å². The Balaban J connectivity index is 2.33. The van der Waals surface area contributed by atoms with Crippen molar-refractivity contribution >= 4 is 5.78 Å². The molecular formula is C16H17F2NO. The fourth-order valence-electron chi connectivity index (χ4n) is 3.08. The Morgan fingerprint density at radius 1 is 1.45 bits per heavy atom. The van der Waals surface area contributed by atoms with Crippen molar-refractivity contribution in [3.8, 4) is 6.07 Å². The molecular weight excluding hydrogens is 260 g/mol. The van der Waals surface area contributed by atoms with Crippen LogP contribution in [-0.2, 0) is 4.79 Å². The van der Waals surface area contributed by atoms with Crippen LogP contribution < -0.4 is 0 Å². The molecule has 0 amide bonds. The zero-order chi connectivity index (χ0) is 14.9. The summed E-state index contributed by atoms with van der Waals surface area (Å²) < 4.78 is 26.7. The van der Waals surface area contributed by atoms with Crippen LogP contribution in [0.3, 0.4) is 0 Å². The van der Waals surface area contributed by atoms with E-state index in [1.165, 1.54) is 6.07 Å². The van der Waals surface area contributed by atoms with Gasteiger partial charge >= 0.3 is 0 Å². The van der Waals surface area contributed by atoms with E-state index >= 15 is 0 Å². The molecule has 20 heavy (non-hydrogen) atoms. The van der Waals surface area contributed by atoms with E-state index in [0.717, 1.165) is 25.3 Å². The van der Waals surface area contributed by atoms with Crippen LogP contribution in [0.2, 0.25) is 0 Å². The van der Waals surface area contributed by atoms with E-state index in [2.05, 4.69) is 0 Å². The summed E-state index contributed by atoms with van der Waals surface area (Å²) in [4.78, 5) is 12.5. The standard InChI is InChI=1S/C16H17F2NO/c1-16(2)7-3-4-13(16)15(20)12(9-19)11-6-5-10(17)8-14(11)18/h5-6,8,12-13H,3-4,7H2,1-2H3. The first kappa shape index (κ1) is 14.6. The second-order valence-corrected chi connectivity index (χ2v) is 6.06. The average molecular weight is 277 g/mol. The number of benzene rings is 1. The van der Waals surface area contributed by atoms with Gasteiger partial charge in [-0.05, 0) is 24.3 Å². The molecule has 1 saturated carbocycles. The third-order valence-electron chi connectivity index (χ3n) is 4.29. The van der Waals surface area contributed by atoms with Crippen molar-refractivity contribution in [3.63, 3.8) is 0 Å². The van der Waals surface area contributed by atoms with E-state index in [9.17, 15) is 18.8 Å². The molecule has 0 bridgehead atoms. The lowest BCUT2D eigenvalue weighted by atomic mass is 9.75. The first-order chi connectivity index (χ1) is 9.36. The lowest BCUT2D eigenvalue weighted by Crippen LogP contribution is -2.30. The number of carbonyl (C=O) groups excluding carboxylic acids is 1. The van der Waals surface area contributed by atoms with E-state index in [1.54, 1.807) is 0 Å². The maximum atomic E-state index is 13.8. The average Bonchev–Trinajstić information content (AvgIpc) is 2.72. The molecule has 2 unspecified atom stereocenters. The largest absolute Gasteiger partial charge is 0.298 e. The molecule has 1 aliphatic carbocycles. The minimum Gasteiger partial charge on any atom is -0.298 e. The summed E-state index contributed by atoms with van der Waals surface area (Å²) in [5.41, 5.74) is -0.190. The number of hydrogen-bond donors (Lipinski definition) is 0. The molecule has 4 heteroatoms. The lowest BCUT2D eigenvalue weighted by molar-refractivity contribution is -0.125. The molecule has 0 N–H and O–H groups in total. The summed E-state index contributed by atoms with van der Waals surface area (Å²) in [5.74, 6) is -3.19. The Bertz CT molecular complexity index is 574. The van der Waals surface area contributed by atoms with Gasteiger partial charge in [0, 0.05) is 17.5 Å². The van der Waals surface area contributed by atoms with Crippen LogP contribution in [0.5, 0.6) is 0 Å². The van der Waals surface area contributed by atoms with Gasteiger partial charge in [0.1, 0.15) is 17.6 Å². The topological polar surface area (TPSA) is 40.9 Å². The number of rotatable bonds is 3. The van der Waals surface area contributed by atoms with Crippen LogP contribution in [0, 0.1) is 34.3 Å². The van der Waals surface area contributed by atoms with E-state index in [1.807, 2.05) is 19.9 Å². The Labute approximate surface area is 117 Å². The Kier molecular flexibility index (Phi) is 3.89. The second kappa shape index (κ2) is 5.32. The van der Waals surface area contributed by atoms with Crippen LogP contribution in [0.4, 0.5) is 8.78 Å². The fraction of sp³-hybridized carbons (Fsp3) is 0.500. The van der Waals surface area contributed by atoms with E-state index < -0.39 is 17.6 Å². The van der Waals surface area contributed by atoms with Crippen LogP contribution in [0.1, 0.15) is 44.6 Å². The minimum absolute atomic E-state index is 0.0263. The number of ketones is 1. The van der Waals surface area contributed by atoms with Crippen molar-refractivity contribution in [1.82, 2.24) is 0 Å². The number of Topliss-reactive ketones (excluding diaryl/α,β-unsaturated/α-hetero) is 1. The number of carbonyl (C=O) groups is 1. The summed E-state index contributed by atoms with van der Waals surface area (Å²) in [6, 6.07) is 4.87. The smallest absolute Gasteiger partial charge is 0.158 e. The van der Waals surface area contributed by atoms with Gasteiger partial charge in [-0.1, -0.05) is 26.3 Å². The van der Waals surface area contributed by atoms with Crippen molar-refractivity contribution in [2.24, 2.45) is 11.3 Å². The molecule has 0 aliphatic heterocycles. The van der Waals surface area contributed by atoms with Crippen molar-refractivity contribution in [3.05, 3.63) is 35.4 Å². The zero-order valence-electron chi connectivity index (χ0n) is 11.6. The Morgan fingerprint density at radius 3 is 2.65 bits per heavy atom. The summed E-state index contributed by atoms with van der Waals surface area (Å²) in [5, 5.41) is 9.24. The second-order valence-electron chi connectivity index (χ2n) is 6.06. The van der Waals surface area contributed by atoms with Crippen molar-refractivity contribution in [1.29, 1.82) is 5.26 Å². The normalized spacial score (nSPS) is 22.2. The molecule has 1 fully saturated rings. The van der Waals surface area contributed by atoms with Crippen molar-refractivity contribution < 1.29 is 13.6 Å². The quantitative estimate of drug-likeness (QED) is 0.838. The molecule has 0 heterocycles. The van der Waals surface area contributed by atoms with Gasteiger partial charge in [0.05, 0.1) is 6.07 Å². The summed E-state index contributed by atoms with van der Waals surface area (Å²) in [6.07, 6.45) is 2.59. The summed E-state index contributed by atoms with van der Waals surface area (Å²) in [7, 11) is 0. The van der Waals surface area contributed by atoms with Gasteiger partial charge in [-0.25, -0.2) is 8.78 Å². The minimum atomic E-state index is -1.15. The Hall–Kier alpha value is -1.76. The molecule has 0 spiro atoms. The highest BCUT2D eigenvalue weighted by atomic mass is 19.1. The zero-order valence-corrected chi connectivity index (χ0v) is 11.6. The van der Waals surface area contributed by atoms with Crippen LogP contribution in [0.25, 0.3) is 0 Å². The first-order valence-electron chi connectivity index (χ1n) is 6.75. The molecule has 0 saturated heterocycles. The third-order valence-corrected chi connectivity index (χ3v) is 4.29. The van der Waals surface area contributed by atoms with Gasteiger partial charge < -0.3 is 0 Å². The lowest BCUT2D eigenvalue weighted by Gasteiger charge is -2.27. The number of halogens is 2. The number of hydrogen-bond acceptors (Lipinski definition) is 2. The van der Waals surface area contributed by atoms with Gasteiger partial charge in [-0.15, -0.1) is 0 Å². The number of nitrogens with zero attached hydrogens (tertiary/aromatic N) is 1. The molecule has 106 valence electrons. The predicted octanol–water partition coefficient (Wildman–Crippen LogP) is 3.97. The molecule has 2 nitrogen and oxygen atoms in total. The highest BCUT2D eigenvalue weighted by molar-refractivity contribution is 5.91. The molecule has 1 aromatic carbocycles. The first-order valence-corrected chi connectivity index (χ1v) is 6.75. The van der Waals surface area contributed by atoms with Gasteiger partial charge in [-0.2, -0.15) is 5.26 Å². The highest BCUT2D eigenvalue weighted by Crippen LogP contribution is 2.45. The van der Waals surface area contributed by atoms with Crippen LogP contribution in [-0.4, -0.2) is 5.78 Å². The maximum absolute atomic E-state index is 13.8. The van der Waals surface area contributed by atoms with Crippen LogP contribution in [0.15, 0.2) is 18.2 Å². The molecule has 1 aromatic rings. The summed E-state index contributed by atoms with van der Waals surface area (Å²) >= 11 is 0. The predicted molar refractivity (Wildman–Crippen MR) is 70.8 cm³/mol. The van der Waals surface area contributed by atoms with Crippen molar-refractivity contribution in [2.75, 3.05) is 0 Å². The van der Waals surface area contributed by atoms with E-state index in [4.69, 9.17) is 0 Å². The van der Waals surface area contributed by atoms with Crippen LogP contribution >= 0.6 is 0 Å². The SMILES string of the molecule is CC1(C)CCCC1C(=O)C(C#N)c1ccc(F)cc1F. The summed E-state index contributed by atoms with van der Waals surface area (Å²) in [6.45, 7) is 4.00. The fourth-order valence-corrected chi connectivity index (χ4v) is 3.08. The molecule has 1 aliphatic rings.